The van der Waals surface area contributed by atoms with Gasteiger partial charge in [-0.05, 0) is 61.6 Å². The fraction of sp³-hybridized carbons (Fsp3) is 0.269. The van der Waals surface area contributed by atoms with Crippen molar-refractivity contribution in [3.05, 3.63) is 88.5 Å². The van der Waals surface area contributed by atoms with E-state index in [0.29, 0.717) is 28.0 Å². The monoisotopic (exact) mass is 446 g/mol. The second-order valence-electron chi connectivity index (χ2n) is 8.75. The molecule has 0 saturated carbocycles. The van der Waals surface area contributed by atoms with E-state index in [9.17, 15) is 13.6 Å². The van der Waals surface area contributed by atoms with Crippen LogP contribution in [-0.2, 0) is 6.42 Å². The Kier molecular flexibility index (Phi) is 5.19. The summed E-state index contributed by atoms with van der Waals surface area (Å²) in [6.07, 6.45) is 3.39. The van der Waals surface area contributed by atoms with E-state index in [0.717, 1.165) is 24.1 Å². The van der Waals surface area contributed by atoms with Gasteiger partial charge in [0, 0.05) is 17.5 Å². The van der Waals surface area contributed by atoms with Crippen LogP contribution in [0.4, 0.5) is 8.78 Å². The highest BCUT2D eigenvalue weighted by Gasteiger charge is 2.28. The van der Waals surface area contributed by atoms with Gasteiger partial charge >= 0.3 is 0 Å². The topological polar surface area (TPSA) is 59.3 Å². The lowest BCUT2D eigenvalue weighted by atomic mass is 9.99. The Hall–Kier alpha value is -3.61. The zero-order valence-electron chi connectivity index (χ0n) is 18.7. The summed E-state index contributed by atoms with van der Waals surface area (Å²) >= 11 is 0. The molecule has 1 aromatic carbocycles. The van der Waals surface area contributed by atoms with Crippen LogP contribution in [0, 0.1) is 18.6 Å². The Morgan fingerprint density at radius 2 is 1.85 bits per heavy atom. The molecule has 0 aliphatic heterocycles. The summed E-state index contributed by atoms with van der Waals surface area (Å²) in [4.78, 5) is 17.8. The molecule has 0 bridgehead atoms. The van der Waals surface area contributed by atoms with Crippen LogP contribution >= 0.6 is 0 Å². The van der Waals surface area contributed by atoms with E-state index in [4.69, 9.17) is 0 Å². The molecule has 0 spiro atoms. The fourth-order valence-electron chi connectivity index (χ4n) is 4.84. The van der Waals surface area contributed by atoms with Gasteiger partial charge in [0.2, 0.25) is 0 Å². The van der Waals surface area contributed by atoms with Crippen molar-refractivity contribution in [1.82, 2.24) is 19.9 Å². The summed E-state index contributed by atoms with van der Waals surface area (Å²) < 4.78 is 30.8. The number of nitrogens with zero attached hydrogens (tertiary/aromatic N) is 3. The van der Waals surface area contributed by atoms with Crippen molar-refractivity contribution >= 4 is 11.4 Å². The average Bonchev–Trinajstić information content (AvgIpc) is 3.33. The number of benzene rings is 1. The molecular formula is C26H24F2N4O. The van der Waals surface area contributed by atoms with Crippen LogP contribution in [0.25, 0.3) is 16.6 Å². The molecule has 3 aromatic heterocycles. The predicted octanol–water partition coefficient (Wildman–Crippen LogP) is 5.52. The van der Waals surface area contributed by atoms with E-state index in [-0.39, 0.29) is 23.4 Å². The van der Waals surface area contributed by atoms with Crippen LogP contribution in [-0.4, -0.2) is 20.5 Å². The number of fused-ring (bicyclic) bond motifs is 2. The number of carbonyl (C=O) groups is 1. The normalized spacial score (nSPS) is 15.3. The standard InChI is InChI=1S/C26H24F2N4O/c1-14(2)25-17(26(33)30-21-11-10-20-16(21)6-5-13-29-20)9-12-22-23(15(3)31-32(22)25)24-18(27)7-4-8-19(24)28/h4-9,12-14,21H,10-11H2,1-3H3,(H,30,33). The average molecular weight is 447 g/mol. The first-order chi connectivity index (χ1) is 15.9. The summed E-state index contributed by atoms with van der Waals surface area (Å²) in [6, 6.07) is 11.0. The molecular weight excluding hydrogens is 422 g/mol. The number of aryl methyl sites for hydroxylation is 2. The maximum Gasteiger partial charge on any atom is 0.253 e. The number of halogens is 2. The molecule has 1 N–H and O–H groups in total. The summed E-state index contributed by atoms with van der Waals surface area (Å²) in [5, 5.41) is 7.74. The minimum absolute atomic E-state index is 0.0513. The molecule has 5 rings (SSSR count). The second kappa shape index (κ2) is 8.06. The lowest BCUT2D eigenvalue weighted by molar-refractivity contribution is 0.0934. The lowest BCUT2D eigenvalue weighted by Crippen LogP contribution is -2.29. The van der Waals surface area contributed by atoms with Crippen LogP contribution in [0.5, 0.6) is 0 Å². The molecule has 7 heteroatoms. The molecule has 168 valence electrons. The van der Waals surface area contributed by atoms with Crippen molar-refractivity contribution in [3.8, 4) is 11.1 Å². The Morgan fingerprint density at radius 3 is 2.58 bits per heavy atom. The van der Waals surface area contributed by atoms with Gasteiger partial charge < -0.3 is 5.32 Å². The number of aromatic nitrogens is 3. The Balaban J connectivity index is 1.60. The molecule has 0 radical (unpaired) electrons. The number of hydrogen-bond acceptors (Lipinski definition) is 3. The summed E-state index contributed by atoms with van der Waals surface area (Å²) in [7, 11) is 0. The molecule has 1 amide bonds. The van der Waals surface area contributed by atoms with E-state index >= 15 is 0 Å². The first-order valence-electron chi connectivity index (χ1n) is 11.1. The van der Waals surface area contributed by atoms with Crippen LogP contribution in [0.15, 0.2) is 48.7 Å². The SMILES string of the molecule is Cc1nn2c(C(C)C)c(C(=O)NC3CCc4ncccc43)ccc2c1-c1c(F)cccc1F. The van der Waals surface area contributed by atoms with E-state index < -0.39 is 11.6 Å². The van der Waals surface area contributed by atoms with E-state index in [2.05, 4.69) is 15.4 Å². The first-order valence-corrected chi connectivity index (χ1v) is 11.1. The third kappa shape index (κ3) is 3.48. The van der Waals surface area contributed by atoms with Crippen molar-refractivity contribution in [3.63, 3.8) is 0 Å². The van der Waals surface area contributed by atoms with Gasteiger partial charge in [-0.15, -0.1) is 0 Å². The third-order valence-corrected chi connectivity index (χ3v) is 6.29. The number of rotatable bonds is 4. The van der Waals surface area contributed by atoms with Gasteiger partial charge in [-0.2, -0.15) is 5.10 Å². The van der Waals surface area contributed by atoms with Crippen molar-refractivity contribution in [2.75, 3.05) is 0 Å². The van der Waals surface area contributed by atoms with Crippen molar-refractivity contribution < 1.29 is 13.6 Å². The Morgan fingerprint density at radius 1 is 1.09 bits per heavy atom. The summed E-state index contributed by atoms with van der Waals surface area (Å²) in [5.41, 5.74) is 4.61. The maximum absolute atomic E-state index is 14.6. The number of nitrogens with one attached hydrogen (secondary N) is 1. The van der Waals surface area contributed by atoms with Gasteiger partial charge in [-0.3, -0.25) is 9.78 Å². The Labute approximate surface area is 190 Å². The largest absolute Gasteiger partial charge is 0.345 e. The zero-order chi connectivity index (χ0) is 23.3. The maximum atomic E-state index is 14.6. The van der Waals surface area contributed by atoms with Gasteiger partial charge in [0.1, 0.15) is 11.6 Å². The number of pyridine rings is 2. The van der Waals surface area contributed by atoms with Crippen LogP contribution in [0.2, 0.25) is 0 Å². The van der Waals surface area contributed by atoms with Crippen molar-refractivity contribution in [1.29, 1.82) is 0 Å². The van der Waals surface area contributed by atoms with E-state index in [1.54, 1.807) is 29.8 Å². The third-order valence-electron chi connectivity index (χ3n) is 6.29. The fourth-order valence-corrected chi connectivity index (χ4v) is 4.84. The molecule has 1 unspecified atom stereocenters. The summed E-state index contributed by atoms with van der Waals surface area (Å²) in [6.45, 7) is 5.67. The highest BCUT2D eigenvalue weighted by Crippen LogP contribution is 2.35. The van der Waals surface area contributed by atoms with Crippen LogP contribution in [0.1, 0.15) is 65.2 Å². The first kappa shape index (κ1) is 21.2. The quantitative estimate of drug-likeness (QED) is 0.449. The van der Waals surface area contributed by atoms with Gasteiger partial charge in [0.25, 0.3) is 5.91 Å². The van der Waals surface area contributed by atoms with Crippen molar-refractivity contribution in [2.45, 2.75) is 45.6 Å². The lowest BCUT2D eigenvalue weighted by Gasteiger charge is -2.18. The molecule has 1 aliphatic carbocycles. The van der Waals surface area contributed by atoms with Gasteiger partial charge in [-0.25, -0.2) is 13.3 Å². The van der Waals surface area contributed by atoms with Gasteiger partial charge in [0.15, 0.2) is 0 Å². The van der Waals surface area contributed by atoms with Crippen LogP contribution < -0.4 is 5.32 Å². The Bertz CT molecular complexity index is 1370. The molecule has 1 atom stereocenters. The predicted molar refractivity (Wildman–Crippen MR) is 122 cm³/mol. The minimum Gasteiger partial charge on any atom is -0.345 e. The zero-order valence-corrected chi connectivity index (χ0v) is 18.7. The minimum atomic E-state index is -0.644. The van der Waals surface area contributed by atoms with E-state index in [1.807, 2.05) is 26.0 Å². The highest BCUT2D eigenvalue weighted by atomic mass is 19.1. The smallest absolute Gasteiger partial charge is 0.253 e. The molecule has 33 heavy (non-hydrogen) atoms. The molecule has 0 saturated heterocycles. The molecule has 1 aliphatic rings. The van der Waals surface area contributed by atoms with Crippen molar-refractivity contribution in [2.24, 2.45) is 0 Å². The number of hydrogen-bond donors (Lipinski definition) is 1. The molecule has 5 nitrogen and oxygen atoms in total. The number of amides is 1. The van der Waals surface area contributed by atoms with E-state index in [1.165, 1.54) is 18.2 Å². The molecule has 3 heterocycles. The molecule has 0 fully saturated rings. The van der Waals surface area contributed by atoms with Gasteiger partial charge in [0.05, 0.1) is 34.1 Å². The summed E-state index contributed by atoms with van der Waals surface area (Å²) in [5.74, 6) is -1.54. The number of carbonyl (C=O) groups excluding carboxylic acids is 1. The second-order valence-corrected chi connectivity index (χ2v) is 8.75. The van der Waals surface area contributed by atoms with Crippen LogP contribution in [0.3, 0.4) is 0 Å². The molecule has 4 aromatic rings. The highest BCUT2D eigenvalue weighted by molar-refractivity contribution is 5.97. The van der Waals surface area contributed by atoms with Gasteiger partial charge in [-0.1, -0.05) is 26.0 Å².